The smallest absolute Gasteiger partial charge is 0.319 e. The number of aliphatic carboxylic acids is 1. The number of hydrogen-bond donors (Lipinski definition) is 4. The second-order valence-electron chi connectivity index (χ2n) is 7.52. The van der Waals surface area contributed by atoms with Crippen LogP contribution in [-0.2, 0) is 11.8 Å². The first-order valence-electron chi connectivity index (χ1n) is 9.91. The van der Waals surface area contributed by atoms with Crippen LogP contribution in [0.1, 0.15) is 23.7 Å². The molecule has 2 aromatic carbocycles. The van der Waals surface area contributed by atoms with E-state index in [9.17, 15) is 33.4 Å². The van der Waals surface area contributed by atoms with E-state index >= 15 is 4.39 Å². The van der Waals surface area contributed by atoms with E-state index in [2.05, 4.69) is 10.6 Å². The van der Waals surface area contributed by atoms with E-state index in [1.807, 2.05) is 0 Å². The zero-order valence-electron chi connectivity index (χ0n) is 18.0. The molecule has 0 aliphatic heterocycles. The SMILES string of the molecule is Cc1cc(O)c(NC(=O)N[C@@H](CC(=O)O)c2cc(F)cc(-c3ccc(F)cc3)c2F)c(=O)n1C. The molecule has 0 aliphatic carbocycles. The average molecular weight is 475 g/mol. The Morgan fingerprint density at radius 1 is 1.06 bits per heavy atom. The van der Waals surface area contributed by atoms with Gasteiger partial charge in [-0.3, -0.25) is 9.59 Å². The summed E-state index contributed by atoms with van der Waals surface area (Å²) >= 11 is 0. The predicted molar refractivity (Wildman–Crippen MR) is 117 cm³/mol. The maximum absolute atomic E-state index is 15.3. The normalized spacial score (nSPS) is 11.7. The summed E-state index contributed by atoms with van der Waals surface area (Å²) in [7, 11) is 1.41. The molecule has 34 heavy (non-hydrogen) atoms. The maximum Gasteiger partial charge on any atom is 0.319 e. The Hall–Kier alpha value is -4.28. The van der Waals surface area contributed by atoms with Gasteiger partial charge in [-0.25, -0.2) is 18.0 Å². The Bertz CT molecular complexity index is 1320. The molecule has 178 valence electrons. The maximum atomic E-state index is 15.3. The summed E-state index contributed by atoms with van der Waals surface area (Å²) in [6.45, 7) is 1.55. The summed E-state index contributed by atoms with van der Waals surface area (Å²) in [5.74, 6) is -4.48. The molecule has 3 aromatic rings. The monoisotopic (exact) mass is 475 g/mol. The highest BCUT2D eigenvalue weighted by atomic mass is 19.1. The second kappa shape index (κ2) is 9.69. The van der Waals surface area contributed by atoms with Gasteiger partial charge in [0.25, 0.3) is 5.56 Å². The molecule has 4 N–H and O–H groups in total. The number of rotatable bonds is 6. The van der Waals surface area contributed by atoms with Crippen LogP contribution in [0.15, 0.2) is 47.3 Å². The van der Waals surface area contributed by atoms with Crippen molar-refractivity contribution in [1.82, 2.24) is 9.88 Å². The van der Waals surface area contributed by atoms with Gasteiger partial charge in [0, 0.05) is 29.9 Å². The van der Waals surface area contributed by atoms with Crippen LogP contribution >= 0.6 is 0 Å². The highest BCUT2D eigenvalue weighted by Crippen LogP contribution is 2.31. The number of aryl methyl sites for hydroxylation is 1. The summed E-state index contributed by atoms with van der Waals surface area (Å²) in [6.07, 6.45) is -0.825. The Morgan fingerprint density at radius 2 is 1.71 bits per heavy atom. The van der Waals surface area contributed by atoms with Crippen molar-refractivity contribution in [1.29, 1.82) is 0 Å². The van der Waals surface area contributed by atoms with E-state index < -0.39 is 64.5 Å². The predicted octanol–water partition coefficient (Wildman–Crippen LogP) is 3.82. The largest absolute Gasteiger partial charge is 0.505 e. The zero-order valence-corrected chi connectivity index (χ0v) is 18.0. The van der Waals surface area contributed by atoms with Crippen molar-refractivity contribution in [3.05, 3.63) is 81.5 Å². The minimum absolute atomic E-state index is 0.131. The standard InChI is InChI=1S/C23H20F3N3O5/c1-11-7-18(30)21(22(33)29(11)2)28-23(34)27-17(10-19(31)32)16-9-14(25)8-15(20(16)26)12-3-5-13(24)6-4-12/h3-9,17,30H,10H2,1-2H3,(H,31,32)(H2,27,28,34)/t17-/m0/s1. The van der Waals surface area contributed by atoms with Crippen molar-refractivity contribution >= 4 is 17.7 Å². The molecule has 2 amide bonds. The number of hydrogen-bond acceptors (Lipinski definition) is 4. The van der Waals surface area contributed by atoms with Gasteiger partial charge < -0.3 is 25.4 Å². The Balaban J connectivity index is 1.98. The number of aromatic hydroxyl groups is 1. The van der Waals surface area contributed by atoms with Crippen LogP contribution in [0.5, 0.6) is 5.75 Å². The number of carboxylic acid groups (broad SMARTS) is 1. The zero-order chi connectivity index (χ0) is 25.2. The number of anilines is 1. The topological polar surface area (TPSA) is 121 Å². The lowest BCUT2D eigenvalue weighted by Gasteiger charge is -2.20. The third-order valence-electron chi connectivity index (χ3n) is 5.17. The molecule has 0 fully saturated rings. The highest BCUT2D eigenvalue weighted by Gasteiger charge is 2.25. The van der Waals surface area contributed by atoms with Crippen LogP contribution in [0.3, 0.4) is 0 Å². The number of pyridine rings is 1. The first-order valence-corrected chi connectivity index (χ1v) is 9.91. The lowest BCUT2D eigenvalue weighted by atomic mass is 9.96. The lowest BCUT2D eigenvalue weighted by molar-refractivity contribution is -0.137. The Morgan fingerprint density at radius 3 is 2.32 bits per heavy atom. The number of aromatic nitrogens is 1. The number of benzene rings is 2. The van der Waals surface area contributed by atoms with Gasteiger partial charge in [0.05, 0.1) is 12.5 Å². The van der Waals surface area contributed by atoms with Crippen LogP contribution in [-0.4, -0.2) is 26.8 Å². The van der Waals surface area contributed by atoms with Crippen LogP contribution in [0, 0.1) is 24.4 Å². The molecule has 0 bridgehead atoms. The second-order valence-corrected chi connectivity index (χ2v) is 7.52. The van der Waals surface area contributed by atoms with Gasteiger partial charge in [-0.05, 0) is 36.8 Å². The van der Waals surface area contributed by atoms with Crippen LogP contribution in [0.4, 0.5) is 23.7 Å². The van der Waals surface area contributed by atoms with Gasteiger partial charge in [-0.2, -0.15) is 0 Å². The van der Waals surface area contributed by atoms with Crippen molar-refractivity contribution in [3.63, 3.8) is 0 Å². The number of halogens is 3. The lowest BCUT2D eigenvalue weighted by Crippen LogP contribution is -2.36. The van der Waals surface area contributed by atoms with Crippen molar-refractivity contribution in [3.8, 4) is 16.9 Å². The molecule has 0 unspecified atom stereocenters. The molecule has 1 aromatic heterocycles. The van der Waals surface area contributed by atoms with E-state index in [4.69, 9.17) is 0 Å². The summed E-state index contributed by atoms with van der Waals surface area (Å²) < 4.78 is 44.1. The molecular weight excluding hydrogens is 455 g/mol. The number of carbonyl (C=O) groups is 2. The van der Waals surface area contributed by atoms with Gasteiger partial charge in [-0.15, -0.1) is 0 Å². The molecule has 8 nitrogen and oxygen atoms in total. The number of nitrogens with one attached hydrogen (secondary N) is 2. The first-order chi connectivity index (χ1) is 16.0. The first kappa shape index (κ1) is 24.4. The minimum Gasteiger partial charge on any atom is -0.505 e. The Labute approximate surface area is 191 Å². The van der Waals surface area contributed by atoms with Crippen LogP contribution in [0.25, 0.3) is 11.1 Å². The van der Waals surface area contributed by atoms with Gasteiger partial charge in [0.2, 0.25) is 0 Å². The fraction of sp³-hybridized carbons (Fsp3) is 0.174. The highest BCUT2D eigenvalue weighted by molar-refractivity contribution is 5.91. The molecule has 0 aliphatic rings. The number of urea groups is 1. The van der Waals surface area contributed by atoms with Crippen molar-refractivity contribution in [2.45, 2.75) is 19.4 Å². The van der Waals surface area contributed by atoms with Crippen molar-refractivity contribution in [2.24, 2.45) is 7.05 Å². The quantitative estimate of drug-likeness (QED) is 0.432. The van der Waals surface area contributed by atoms with Crippen molar-refractivity contribution in [2.75, 3.05) is 5.32 Å². The number of amides is 2. The molecule has 1 atom stereocenters. The molecule has 0 radical (unpaired) electrons. The van der Waals surface area contributed by atoms with E-state index in [1.165, 1.54) is 25.2 Å². The minimum atomic E-state index is -1.55. The molecule has 1 heterocycles. The van der Waals surface area contributed by atoms with Gasteiger partial charge in [-0.1, -0.05) is 12.1 Å². The fourth-order valence-corrected chi connectivity index (χ4v) is 3.35. The molecule has 11 heteroatoms. The van der Waals surface area contributed by atoms with Gasteiger partial charge in [0.1, 0.15) is 23.2 Å². The van der Waals surface area contributed by atoms with Crippen LogP contribution in [0.2, 0.25) is 0 Å². The van der Waals surface area contributed by atoms with E-state index in [-0.39, 0.29) is 11.1 Å². The third kappa shape index (κ3) is 5.20. The summed E-state index contributed by atoms with van der Waals surface area (Å²) in [6, 6.07) is 4.68. The average Bonchev–Trinajstić information content (AvgIpc) is 2.76. The molecular formula is C23H20F3N3O5. The molecule has 0 saturated heterocycles. The third-order valence-corrected chi connectivity index (χ3v) is 5.17. The van der Waals surface area contributed by atoms with Gasteiger partial charge in [0.15, 0.2) is 5.69 Å². The Kier molecular flexibility index (Phi) is 6.94. The molecule has 0 saturated carbocycles. The van der Waals surface area contributed by atoms with E-state index in [1.54, 1.807) is 6.92 Å². The van der Waals surface area contributed by atoms with Gasteiger partial charge >= 0.3 is 12.0 Å². The van der Waals surface area contributed by atoms with E-state index in [0.29, 0.717) is 5.69 Å². The number of nitrogens with zero attached hydrogens (tertiary/aromatic N) is 1. The van der Waals surface area contributed by atoms with Crippen LogP contribution < -0.4 is 16.2 Å². The molecule has 0 spiro atoms. The van der Waals surface area contributed by atoms with Crippen molar-refractivity contribution < 1.29 is 33.0 Å². The summed E-state index contributed by atoms with van der Waals surface area (Å²) in [4.78, 5) is 36.2. The number of carboxylic acids is 1. The fourth-order valence-electron chi connectivity index (χ4n) is 3.35. The van der Waals surface area contributed by atoms with E-state index in [0.717, 1.165) is 28.8 Å². The summed E-state index contributed by atoms with van der Waals surface area (Å²) in [5, 5.41) is 23.6. The summed E-state index contributed by atoms with van der Waals surface area (Å²) in [5.41, 5.74) is -1.42. The molecule has 3 rings (SSSR count). The number of carbonyl (C=O) groups excluding carboxylic acids is 1.